The summed E-state index contributed by atoms with van der Waals surface area (Å²) in [5.41, 5.74) is 1.52. The summed E-state index contributed by atoms with van der Waals surface area (Å²) < 4.78 is 16.9. The number of nitro groups is 1. The fourth-order valence-corrected chi connectivity index (χ4v) is 7.07. The number of nitro benzene ring substituents is 1. The van der Waals surface area contributed by atoms with Crippen LogP contribution < -0.4 is 4.74 Å². The third-order valence-corrected chi connectivity index (χ3v) is 9.25. The third kappa shape index (κ3) is 7.57. The predicted octanol–water partition coefficient (Wildman–Crippen LogP) is 8.85. The molecule has 15 heteroatoms. The van der Waals surface area contributed by atoms with Crippen molar-refractivity contribution in [2.24, 2.45) is 0 Å². The van der Waals surface area contributed by atoms with Gasteiger partial charge in [-0.25, -0.2) is 19.6 Å². The SMILES string of the molecule is COc1c(-c2cnc([C@@H]3CCCN3C(=O)OC(C)(C)C)[nH]2)cc(Cl)c(-c2ccc(-c3cnc([C@@H]4CCCN4C(=O)OC(C)(C)C)[nH]3)cc2)c1[N+](=O)[O-]. The van der Waals surface area contributed by atoms with Gasteiger partial charge in [0.05, 0.1) is 64.0 Å². The number of amides is 2. The first-order valence-corrected chi connectivity index (χ1v) is 17.7. The van der Waals surface area contributed by atoms with Crippen LogP contribution in [-0.2, 0) is 9.47 Å². The largest absolute Gasteiger partial charge is 0.490 e. The zero-order valence-corrected chi connectivity index (χ0v) is 31.2. The maximum Gasteiger partial charge on any atom is 0.410 e. The Morgan fingerprint density at radius 3 is 1.81 bits per heavy atom. The van der Waals surface area contributed by atoms with Gasteiger partial charge in [0, 0.05) is 13.1 Å². The van der Waals surface area contributed by atoms with E-state index in [0.717, 1.165) is 30.5 Å². The van der Waals surface area contributed by atoms with E-state index in [2.05, 4.69) is 19.9 Å². The molecular formula is C37H44ClN7O7. The summed E-state index contributed by atoms with van der Waals surface area (Å²) in [4.78, 5) is 57.0. The minimum absolute atomic E-state index is 0.0170. The molecule has 0 saturated carbocycles. The Morgan fingerprint density at radius 1 is 0.846 bits per heavy atom. The number of ether oxygens (including phenoxy) is 3. The lowest BCUT2D eigenvalue weighted by Gasteiger charge is -2.27. The summed E-state index contributed by atoms with van der Waals surface area (Å²) in [7, 11) is 1.37. The average Bonchev–Trinajstić information content (AvgIpc) is 3.89. The number of nitrogens with zero attached hydrogens (tertiary/aromatic N) is 5. The maximum atomic E-state index is 12.9. The number of methoxy groups -OCH3 is 1. The maximum absolute atomic E-state index is 12.9. The normalized spacial score (nSPS) is 17.8. The summed E-state index contributed by atoms with van der Waals surface area (Å²) >= 11 is 6.84. The Bertz CT molecular complexity index is 1980. The van der Waals surface area contributed by atoms with E-state index in [1.165, 1.54) is 7.11 Å². The van der Waals surface area contributed by atoms with E-state index in [4.69, 9.17) is 25.8 Å². The molecule has 14 nitrogen and oxygen atoms in total. The van der Waals surface area contributed by atoms with Crippen LogP contribution in [0.3, 0.4) is 0 Å². The van der Waals surface area contributed by atoms with Crippen molar-refractivity contribution in [3.63, 3.8) is 0 Å². The lowest BCUT2D eigenvalue weighted by molar-refractivity contribution is -0.385. The number of aromatic amines is 2. The summed E-state index contributed by atoms with van der Waals surface area (Å²) in [6, 6.07) is 8.21. The standard InChI is InChI=1S/C37H44ClN7O7/c1-36(2,3)51-34(46)43-16-8-10-27(43)32-39-19-25(41-32)21-12-14-22(15-13-21)29-24(38)18-23(31(50-7)30(29)45(48)49)26-20-40-33(42-26)28-11-9-17-44(28)35(47)52-37(4,5)6/h12-15,18-20,27-28H,8-11,16-17H2,1-7H3,(H,39,41)(H,40,42)/t27-,28-/m0/s1. The molecule has 0 spiro atoms. The highest BCUT2D eigenvalue weighted by Gasteiger charge is 2.37. The second-order valence-corrected chi connectivity index (χ2v) is 15.4. The van der Waals surface area contributed by atoms with Gasteiger partial charge in [-0.2, -0.15) is 0 Å². The average molecular weight is 734 g/mol. The van der Waals surface area contributed by atoms with Gasteiger partial charge in [0.1, 0.15) is 22.9 Å². The van der Waals surface area contributed by atoms with Crippen molar-refractivity contribution < 1.29 is 28.7 Å². The lowest BCUT2D eigenvalue weighted by Crippen LogP contribution is -2.36. The molecule has 4 heterocycles. The van der Waals surface area contributed by atoms with Crippen molar-refractivity contribution in [2.75, 3.05) is 20.2 Å². The molecule has 2 atom stereocenters. The molecule has 2 aromatic heterocycles. The molecule has 0 unspecified atom stereocenters. The number of halogens is 1. The number of nitrogens with one attached hydrogen (secondary N) is 2. The number of carbonyl (C=O) groups is 2. The van der Waals surface area contributed by atoms with Gasteiger partial charge >= 0.3 is 17.9 Å². The number of rotatable bonds is 7. The number of hydrogen-bond acceptors (Lipinski definition) is 9. The first kappa shape index (κ1) is 36.7. The van der Waals surface area contributed by atoms with Crippen LogP contribution in [0.25, 0.3) is 33.6 Å². The van der Waals surface area contributed by atoms with Gasteiger partial charge in [-0.3, -0.25) is 19.9 Å². The van der Waals surface area contributed by atoms with Crippen molar-refractivity contribution in [1.29, 1.82) is 0 Å². The van der Waals surface area contributed by atoms with Gasteiger partial charge < -0.3 is 24.2 Å². The molecule has 6 rings (SSSR count). The van der Waals surface area contributed by atoms with Gasteiger partial charge in [0.25, 0.3) is 0 Å². The zero-order chi connectivity index (χ0) is 37.5. The Labute approximate surface area is 307 Å². The minimum atomic E-state index is -0.644. The summed E-state index contributed by atoms with van der Waals surface area (Å²) in [5, 5.41) is 12.8. The fourth-order valence-electron chi connectivity index (χ4n) is 6.77. The van der Waals surface area contributed by atoms with Gasteiger partial charge in [0.15, 0.2) is 0 Å². The molecule has 2 aliphatic heterocycles. The van der Waals surface area contributed by atoms with Crippen molar-refractivity contribution in [2.45, 2.75) is 90.5 Å². The number of aromatic nitrogens is 4. The monoisotopic (exact) mass is 733 g/mol. The summed E-state index contributed by atoms with van der Waals surface area (Å²) in [6.45, 7) is 12.1. The van der Waals surface area contributed by atoms with Crippen LogP contribution in [0.1, 0.15) is 91.0 Å². The van der Waals surface area contributed by atoms with E-state index in [1.54, 1.807) is 40.4 Å². The highest BCUT2D eigenvalue weighted by molar-refractivity contribution is 6.34. The van der Waals surface area contributed by atoms with Crippen LogP contribution in [0.5, 0.6) is 5.75 Å². The highest BCUT2D eigenvalue weighted by atomic mass is 35.5. The molecular weight excluding hydrogens is 690 g/mol. The Balaban J connectivity index is 1.27. The van der Waals surface area contributed by atoms with E-state index < -0.39 is 22.2 Å². The second-order valence-electron chi connectivity index (χ2n) is 15.0. The molecule has 2 N–H and O–H groups in total. The molecule has 276 valence electrons. The first-order valence-electron chi connectivity index (χ1n) is 17.3. The first-order chi connectivity index (χ1) is 24.5. The van der Waals surface area contributed by atoms with E-state index in [0.29, 0.717) is 48.0 Å². The van der Waals surface area contributed by atoms with Crippen LogP contribution in [0, 0.1) is 10.1 Å². The summed E-state index contributed by atoms with van der Waals surface area (Å²) in [5.74, 6) is 1.21. The van der Waals surface area contributed by atoms with E-state index >= 15 is 0 Å². The lowest BCUT2D eigenvalue weighted by atomic mass is 9.97. The van der Waals surface area contributed by atoms with Crippen LogP contribution in [0.4, 0.5) is 15.3 Å². The van der Waals surface area contributed by atoms with Gasteiger partial charge in [-0.15, -0.1) is 0 Å². The molecule has 0 radical (unpaired) electrons. The zero-order valence-electron chi connectivity index (χ0n) is 30.4. The number of likely N-dealkylation sites (tertiary alicyclic amines) is 2. The van der Waals surface area contributed by atoms with Crippen molar-refractivity contribution in [1.82, 2.24) is 29.7 Å². The summed E-state index contributed by atoms with van der Waals surface area (Å²) in [6.07, 6.45) is 5.54. The van der Waals surface area contributed by atoms with Crippen molar-refractivity contribution in [3.8, 4) is 39.4 Å². The molecule has 2 fully saturated rings. The number of H-pyrrole nitrogens is 2. The fraction of sp³-hybridized carbons (Fsp3) is 0.459. The third-order valence-electron chi connectivity index (χ3n) is 8.95. The van der Waals surface area contributed by atoms with Gasteiger partial charge in [-0.1, -0.05) is 35.9 Å². The van der Waals surface area contributed by atoms with Crippen molar-refractivity contribution in [3.05, 3.63) is 69.5 Å². The Kier molecular flexibility index (Phi) is 9.97. The topological polar surface area (TPSA) is 169 Å². The molecule has 52 heavy (non-hydrogen) atoms. The quantitative estimate of drug-likeness (QED) is 0.139. The molecule has 2 aromatic carbocycles. The molecule has 4 aromatic rings. The van der Waals surface area contributed by atoms with E-state index in [1.807, 2.05) is 53.7 Å². The van der Waals surface area contributed by atoms with Gasteiger partial charge in [-0.05, 0) is 84.4 Å². The number of carbonyl (C=O) groups excluding carboxylic acids is 2. The Hall–Kier alpha value is -5.11. The van der Waals surface area contributed by atoms with Crippen LogP contribution in [0.15, 0.2) is 42.7 Å². The number of hydrogen-bond donors (Lipinski definition) is 2. The number of benzene rings is 2. The Morgan fingerprint density at radius 2 is 1.33 bits per heavy atom. The molecule has 0 bridgehead atoms. The minimum Gasteiger partial charge on any atom is -0.490 e. The highest BCUT2D eigenvalue weighted by Crippen LogP contribution is 2.48. The van der Waals surface area contributed by atoms with Crippen LogP contribution >= 0.6 is 11.6 Å². The van der Waals surface area contributed by atoms with Gasteiger partial charge in [0.2, 0.25) is 5.75 Å². The second kappa shape index (κ2) is 14.1. The molecule has 2 saturated heterocycles. The predicted molar refractivity (Wildman–Crippen MR) is 195 cm³/mol. The smallest absolute Gasteiger partial charge is 0.410 e. The van der Waals surface area contributed by atoms with E-state index in [9.17, 15) is 19.7 Å². The van der Waals surface area contributed by atoms with Crippen LogP contribution in [-0.4, -0.2) is 78.2 Å². The van der Waals surface area contributed by atoms with Crippen molar-refractivity contribution >= 4 is 29.5 Å². The van der Waals surface area contributed by atoms with E-state index in [-0.39, 0.29) is 40.2 Å². The van der Waals surface area contributed by atoms with Crippen LogP contribution in [0.2, 0.25) is 5.02 Å². The number of imidazole rings is 2. The molecule has 2 amide bonds. The molecule has 0 aliphatic carbocycles. The molecule has 2 aliphatic rings.